The molecule has 0 saturated carbocycles. The molecule has 1 saturated heterocycles. The standard InChI is InChI=1S/C26H34N6O9S/c1-4-6-18-15-29(3)24-23(18)27-25(28-26(24)33)20-14-19(7-8-21(20)39-13-5-2)42(38)30-11-9-17(10-12-30)22(41-32(36)37)16-40-31(34)35/h7-8,14-15,17,22H,4-6,9-13,16H2,1-3H3,(H,27,28,33). The van der Waals surface area contributed by atoms with Gasteiger partial charge in [0.2, 0.25) is 0 Å². The first-order valence-electron chi connectivity index (χ1n) is 13.7. The van der Waals surface area contributed by atoms with Crippen LogP contribution < -0.4 is 10.3 Å². The Morgan fingerprint density at radius 1 is 1.17 bits per heavy atom. The normalized spacial score (nSPS) is 15.8. The van der Waals surface area contributed by atoms with Crippen molar-refractivity contribution in [1.29, 1.82) is 0 Å². The number of rotatable bonds is 14. The summed E-state index contributed by atoms with van der Waals surface area (Å²) >= 11 is 0. The summed E-state index contributed by atoms with van der Waals surface area (Å²) < 4.78 is 23.1. The van der Waals surface area contributed by atoms with Gasteiger partial charge in [0.25, 0.3) is 15.7 Å². The van der Waals surface area contributed by atoms with Crippen molar-refractivity contribution in [2.75, 3.05) is 26.3 Å². The van der Waals surface area contributed by atoms with E-state index in [2.05, 4.69) is 21.6 Å². The number of H-pyrrole nitrogens is 1. The van der Waals surface area contributed by atoms with Crippen LogP contribution in [-0.2, 0) is 34.1 Å². The number of aryl methyl sites for hydroxylation is 2. The molecule has 3 aromatic rings. The predicted molar refractivity (Wildman–Crippen MR) is 152 cm³/mol. The highest BCUT2D eigenvalue weighted by molar-refractivity contribution is 7.82. The molecule has 0 spiro atoms. The number of benzene rings is 1. The van der Waals surface area contributed by atoms with E-state index in [4.69, 9.17) is 9.72 Å². The Balaban J connectivity index is 1.60. The Hall–Kier alpha value is -4.05. The van der Waals surface area contributed by atoms with Crippen LogP contribution in [0.5, 0.6) is 5.75 Å². The third-order valence-corrected chi connectivity index (χ3v) is 8.61. The van der Waals surface area contributed by atoms with Gasteiger partial charge in [-0.3, -0.25) is 4.79 Å². The quantitative estimate of drug-likeness (QED) is 0.211. The van der Waals surface area contributed by atoms with Gasteiger partial charge in [0.15, 0.2) is 0 Å². The van der Waals surface area contributed by atoms with Crippen molar-refractivity contribution in [3.63, 3.8) is 0 Å². The van der Waals surface area contributed by atoms with Gasteiger partial charge in [-0.1, -0.05) is 20.3 Å². The van der Waals surface area contributed by atoms with Crippen LogP contribution in [0.3, 0.4) is 0 Å². The number of hydrogen-bond donors (Lipinski definition) is 1. The molecule has 1 aliphatic rings. The lowest BCUT2D eigenvalue weighted by Gasteiger charge is -2.33. The van der Waals surface area contributed by atoms with Crippen LogP contribution in [0.1, 0.15) is 45.1 Å². The van der Waals surface area contributed by atoms with Crippen LogP contribution in [0, 0.1) is 26.1 Å². The summed E-state index contributed by atoms with van der Waals surface area (Å²) in [7, 11) is 0.194. The summed E-state index contributed by atoms with van der Waals surface area (Å²) in [6, 6.07) is 5.11. The Morgan fingerprint density at radius 3 is 2.55 bits per heavy atom. The van der Waals surface area contributed by atoms with Gasteiger partial charge in [0.1, 0.15) is 40.8 Å². The molecule has 0 radical (unpaired) electrons. The van der Waals surface area contributed by atoms with Crippen LogP contribution in [0.2, 0.25) is 0 Å². The monoisotopic (exact) mass is 606 g/mol. The van der Waals surface area contributed by atoms with Crippen molar-refractivity contribution in [2.45, 2.75) is 57.0 Å². The highest BCUT2D eigenvalue weighted by atomic mass is 32.2. The maximum Gasteiger partial charge on any atom is 0.294 e. The SMILES string of the molecule is CCCOc1ccc(S(=O)N2CCC(C(CO[N+](=O)[O-])O[N+](=O)[O-])CC2)cc1-c1nc2c(CCC)cn(C)c2c(=O)[nH]1. The zero-order chi connectivity index (χ0) is 30.4. The number of hydrogen-bond acceptors (Lipinski definition) is 10. The molecule has 1 N–H and O–H groups in total. The zero-order valence-electron chi connectivity index (χ0n) is 23.6. The number of nitrogens with zero attached hydrogens (tertiary/aromatic N) is 5. The van der Waals surface area contributed by atoms with E-state index < -0.39 is 39.8 Å². The molecule has 2 atom stereocenters. The van der Waals surface area contributed by atoms with Gasteiger partial charge in [-0.15, -0.1) is 20.2 Å². The third kappa shape index (κ3) is 7.05. The number of ether oxygens (including phenoxy) is 1. The van der Waals surface area contributed by atoms with Crippen LogP contribution in [0.25, 0.3) is 22.4 Å². The Bertz CT molecular complexity index is 1520. The van der Waals surface area contributed by atoms with E-state index in [-0.39, 0.29) is 5.56 Å². The third-order valence-electron chi connectivity index (χ3n) is 7.11. The molecule has 0 aliphatic carbocycles. The van der Waals surface area contributed by atoms with Crippen LogP contribution in [0.4, 0.5) is 0 Å². The topological polar surface area (TPSA) is 185 Å². The molecule has 2 aromatic heterocycles. The fraction of sp³-hybridized carbons (Fsp3) is 0.538. The molecule has 15 nitrogen and oxygen atoms in total. The molecule has 1 aliphatic heterocycles. The number of fused-ring (bicyclic) bond motifs is 1. The Morgan fingerprint density at radius 2 is 1.90 bits per heavy atom. The molecule has 42 heavy (non-hydrogen) atoms. The lowest BCUT2D eigenvalue weighted by molar-refractivity contribution is -0.791. The summed E-state index contributed by atoms with van der Waals surface area (Å²) in [6.07, 6.45) is 3.92. The molecule has 4 rings (SSSR count). The minimum Gasteiger partial charge on any atom is -0.493 e. The summed E-state index contributed by atoms with van der Waals surface area (Å²) in [5.41, 5.74) is 2.27. The lowest BCUT2D eigenvalue weighted by atomic mass is 9.92. The summed E-state index contributed by atoms with van der Waals surface area (Å²) in [5.74, 6) is 0.413. The van der Waals surface area contributed by atoms with Gasteiger partial charge in [0.05, 0.1) is 22.6 Å². The van der Waals surface area contributed by atoms with Gasteiger partial charge in [-0.25, -0.2) is 13.5 Å². The molecule has 16 heteroatoms. The van der Waals surface area contributed by atoms with E-state index in [0.29, 0.717) is 65.6 Å². The van der Waals surface area contributed by atoms with E-state index in [1.807, 2.05) is 20.2 Å². The largest absolute Gasteiger partial charge is 0.493 e. The van der Waals surface area contributed by atoms with Gasteiger partial charge >= 0.3 is 0 Å². The highest BCUT2D eigenvalue weighted by Gasteiger charge is 2.32. The van der Waals surface area contributed by atoms with E-state index in [1.54, 1.807) is 27.1 Å². The summed E-state index contributed by atoms with van der Waals surface area (Å²) in [5, 5.41) is 19.5. The summed E-state index contributed by atoms with van der Waals surface area (Å²) in [4.78, 5) is 51.7. The van der Waals surface area contributed by atoms with Gasteiger partial charge < -0.3 is 24.0 Å². The fourth-order valence-corrected chi connectivity index (χ4v) is 6.40. The van der Waals surface area contributed by atoms with Crippen molar-refractivity contribution in [2.24, 2.45) is 13.0 Å². The van der Waals surface area contributed by atoms with E-state index in [9.17, 15) is 29.2 Å². The van der Waals surface area contributed by atoms with Crippen molar-refractivity contribution in [3.05, 3.63) is 60.5 Å². The molecule has 0 bridgehead atoms. The maximum absolute atomic E-state index is 13.6. The van der Waals surface area contributed by atoms with Crippen molar-refractivity contribution < 1.29 is 28.8 Å². The zero-order valence-corrected chi connectivity index (χ0v) is 24.5. The molecule has 1 fully saturated rings. The van der Waals surface area contributed by atoms with Crippen LogP contribution >= 0.6 is 0 Å². The second-order valence-corrected chi connectivity index (χ2v) is 11.5. The second kappa shape index (κ2) is 13.7. The lowest BCUT2D eigenvalue weighted by Crippen LogP contribution is -2.41. The highest BCUT2D eigenvalue weighted by Crippen LogP contribution is 2.33. The van der Waals surface area contributed by atoms with Crippen molar-refractivity contribution in [1.82, 2.24) is 18.8 Å². The van der Waals surface area contributed by atoms with Crippen LogP contribution in [-0.4, -0.2) is 65.6 Å². The molecule has 0 amide bonds. The maximum atomic E-state index is 13.6. The average molecular weight is 607 g/mol. The smallest absolute Gasteiger partial charge is 0.294 e. The molecular weight excluding hydrogens is 572 g/mol. The van der Waals surface area contributed by atoms with E-state index in [0.717, 1.165) is 24.8 Å². The minimum atomic E-state index is -1.61. The fourth-order valence-electron chi connectivity index (χ4n) is 5.16. The van der Waals surface area contributed by atoms with Gasteiger partial charge in [-0.2, -0.15) is 0 Å². The molecule has 2 unspecified atom stereocenters. The first kappa shape index (κ1) is 30.9. The molecule has 1 aromatic carbocycles. The van der Waals surface area contributed by atoms with Gasteiger partial charge in [0, 0.05) is 26.3 Å². The number of nitrogens with one attached hydrogen (secondary N) is 1. The van der Waals surface area contributed by atoms with Crippen molar-refractivity contribution in [3.8, 4) is 17.1 Å². The molecular formula is C26H34N6O9S. The first-order valence-corrected chi connectivity index (χ1v) is 14.8. The van der Waals surface area contributed by atoms with Crippen molar-refractivity contribution >= 4 is 22.0 Å². The van der Waals surface area contributed by atoms with E-state index >= 15 is 0 Å². The van der Waals surface area contributed by atoms with Crippen LogP contribution in [0.15, 0.2) is 34.1 Å². The first-order chi connectivity index (χ1) is 20.1. The number of piperidine rings is 1. The Labute approximate surface area is 243 Å². The molecule has 3 heterocycles. The number of aromatic nitrogens is 3. The summed E-state index contributed by atoms with van der Waals surface area (Å²) in [6.45, 7) is 4.52. The number of aromatic amines is 1. The van der Waals surface area contributed by atoms with Gasteiger partial charge in [-0.05, 0) is 55.4 Å². The predicted octanol–water partition coefficient (Wildman–Crippen LogP) is 3.19. The molecule has 228 valence electrons. The minimum absolute atomic E-state index is 0.289. The Kier molecular flexibility index (Phi) is 10.1. The average Bonchev–Trinajstić information content (AvgIpc) is 3.28. The van der Waals surface area contributed by atoms with E-state index in [1.165, 1.54) is 0 Å². The second-order valence-electron chi connectivity index (χ2n) is 10.0.